The van der Waals surface area contributed by atoms with Crippen LogP contribution in [0.3, 0.4) is 0 Å². The minimum absolute atomic E-state index is 0.00120. The summed E-state index contributed by atoms with van der Waals surface area (Å²) in [5.74, 6) is 0.533. The van der Waals surface area contributed by atoms with Crippen molar-refractivity contribution in [2.45, 2.75) is 18.7 Å². The Morgan fingerprint density at radius 2 is 1.71 bits per heavy atom. The van der Waals surface area contributed by atoms with E-state index in [1.807, 2.05) is 13.8 Å². The summed E-state index contributed by atoms with van der Waals surface area (Å²) >= 11 is 0. The van der Waals surface area contributed by atoms with E-state index in [-0.39, 0.29) is 10.6 Å². The van der Waals surface area contributed by atoms with Crippen molar-refractivity contribution in [2.24, 2.45) is 11.8 Å². The minimum atomic E-state index is -3.55. The number of para-hydroxylation sites is 1. The molecule has 1 heterocycles. The van der Waals surface area contributed by atoms with Gasteiger partial charge < -0.3 is 5.11 Å². The molecule has 1 aromatic rings. The molecule has 17 heavy (non-hydrogen) atoms. The van der Waals surface area contributed by atoms with Crippen molar-refractivity contribution >= 4 is 10.0 Å². The highest BCUT2D eigenvalue weighted by molar-refractivity contribution is 7.89. The molecule has 5 heteroatoms. The third-order valence-electron chi connectivity index (χ3n) is 3.44. The van der Waals surface area contributed by atoms with Gasteiger partial charge in [0.05, 0.1) is 0 Å². The van der Waals surface area contributed by atoms with Crippen molar-refractivity contribution < 1.29 is 13.5 Å². The van der Waals surface area contributed by atoms with Gasteiger partial charge in [0.25, 0.3) is 0 Å². The molecule has 0 saturated carbocycles. The Hall–Kier alpha value is -1.07. The first kappa shape index (κ1) is 12.4. The summed E-state index contributed by atoms with van der Waals surface area (Å²) in [6.07, 6.45) is 0. The van der Waals surface area contributed by atoms with Crippen LogP contribution in [-0.4, -0.2) is 30.9 Å². The fourth-order valence-electron chi connectivity index (χ4n) is 2.09. The van der Waals surface area contributed by atoms with E-state index in [0.717, 1.165) is 0 Å². The molecule has 0 aliphatic carbocycles. The normalized spacial score (nSPS) is 26.2. The monoisotopic (exact) mass is 255 g/mol. The van der Waals surface area contributed by atoms with Gasteiger partial charge in [-0.05, 0) is 24.0 Å². The van der Waals surface area contributed by atoms with Crippen molar-refractivity contribution in [3.63, 3.8) is 0 Å². The van der Waals surface area contributed by atoms with Crippen LogP contribution in [0.1, 0.15) is 13.8 Å². The average molecular weight is 255 g/mol. The zero-order valence-corrected chi connectivity index (χ0v) is 10.8. The van der Waals surface area contributed by atoms with Gasteiger partial charge in [-0.15, -0.1) is 0 Å². The topological polar surface area (TPSA) is 57.6 Å². The van der Waals surface area contributed by atoms with Crippen molar-refractivity contribution in [1.29, 1.82) is 0 Å². The van der Waals surface area contributed by atoms with E-state index in [2.05, 4.69) is 0 Å². The van der Waals surface area contributed by atoms with Crippen LogP contribution in [0, 0.1) is 11.8 Å². The van der Waals surface area contributed by atoms with E-state index < -0.39 is 10.0 Å². The first-order valence-corrected chi connectivity index (χ1v) is 7.15. The van der Waals surface area contributed by atoms with Crippen molar-refractivity contribution in [3.8, 4) is 5.75 Å². The quantitative estimate of drug-likeness (QED) is 0.874. The molecule has 0 spiro atoms. The number of rotatable bonds is 2. The molecule has 1 aromatic carbocycles. The summed E-state index contributed by atoms with van der Waals surface area (Å²) in [6.45, 7) is 5.14. The maximum absolute atomic E-state index is 12.3. The summed E-state index contributed by atoms with van der Waals surface area (Å²) in [4.78, 5) is 0.00120. The Kier molecular flexibility index (Phi) is 3.14. The maximum Gasteiger partial charge on any atom is 0.246 e. The summed E-state index contributed by atoms with van der Waals surface area (Å²) in [6, 6.07) is 6.08. The Bertz CT molecular complexity index is 502. The molecule has 1 aliphatic rings. The van der Waals surface area contributed by atoms with Crippen LogP contribution >= 0.6 is 0 Å². The lowest BCUT2D eigenvalue weighted by molar-refractivity contribution is 0.438. The highest BCUT2D eigenvalue weighted by atomic mass is 32.2. The number of aromatic hydroxyl groups is 1. The van der Waals surface area contributed by atoms with Crippen LogP contribution in [0.25, 0.3) is 0 Å². The number of phenolic OH excluding ortho intramolecular Hbond substituents is 1. The van der Waals surface area contributed by atoms with Gasteiger partial charge in [-0.3, -0.25) is 0 Å². The average Bonchev–Trinajstić information content (AvgIpc) is 2.60. The third kappa shape index (κ3) is 2.17. The van der Waals surface area contributed by atoms with Gasteiger partial charge in [0.2, 0.25) is 10.0 Å². The van der Waals surface area contributed by atoms with Crippen LogP contribution in [-0.2, 0) is 10.0 Å². The van der Waals surface area contributed by atoms with E-state index in [9.17, 15) is 13.5 Å². The number of hydrogen-bond acceptors (Lipinski definition) is 3. The van der Waals surface area contributed by atoms with Gasteiger partial charge in [-0.25, -0.2) is 8.42 Å². The minimum Gasteiger partial charge on any atom is -0.507 e. The van der Waals surface area contributed by atoms with Gasteiger partial charge in [0, 0.05) is 13.1 Å². The molecule has 0 aromatic heterocycles. The first-order chi connectivity index (χ1) is 7.93. The first-order valence-electron chi connectivity index (χ1n) is 5.71. The van der Waals surface area contributed by atoms with Crippen molar-refractivity contribution in [3.05, 3.63) is 24.3 Å². The molecule has 1 aliphatic heterocycles. The number of benzene rings is 1. The van der Waals surface area contributed by atoms with Crippen molar-refractivity contribution in [1.82, 2.24) is 4.31 Å². The zero-order valence-electron chi connectivity index (χ0n) is 10.00. The molecule has 2 atom stereocenters. The summed E-state index contributed by atoms with van der Waals surface area (Å²) in [5.41, 5.74) is 0. The standard InChI is InChI=1S/C12H17NO3S/c1-9-7-13(8-10(9)2)17(15,16)12-6-4-3-5-11(12)14/h3-6,9-10,14H,7-8H2,1-2H3. The third-order valence-corrected chi connectivity index (χ3v) is 5.32. The molecule has 1 saturated heterocycles. The number of hydrogen-bond donors (Lipinski definition) is 1. The van der Waals surface area contributed by atoms with E-state index in [0.29, 0.717) is 24.9 Å². The number of sulfonamides is 1. The van der Waals surface area contributed by atoms with Crippen molar-refractivity contribution in [2.75, 3.05) is 13.1 Å². The second-order valence-electron chi connectivity index (χ2n) is 4.74. The summed E-state index contributed by atoms with van der Waals surface area (Å²) in [7, 11) is -3.55. The lowest BCUT2D eigenvalue weighted by Crippen LogP contribution is -2.29. The highest BCUT2D eigenvalue weighted by Crippen LogP contribution is 2.31. The number of phenols is 1. The largest absolute Gasteiger partial charge is 0.507 e. The van der Waals surface area contributed by atoms with E-state index in [1.165, 1.54) is 16.4 Å². The molecule has 0 radical (unpaired) electrons. The smallest absolute Gasteiger partial charge is 0.246 e. The van der Waals surface area contributed by atoms with E-state index >= 15 is 0 Å². The zero-order chi connectivity index (χ0) is 12.6. The van der Waals surface area contributed by atoms with Crippen LogP contribution in [0.2, 0.25) is 0 Å². The molecular weight excluding hydrogens is 238 g/mol. The summed E-state index contributed by atoms with van der Waals surface area (Å²) in [5, 5.41) is 9.63. The Morgan fingerprint density at radius 1 is 1.18 bits per heavy atom. The van der Waals surface area contributed by atoms with E-state index in [1.54, 1.807) is 12.1 Å². The molecule has 1 N–H and O–H groups in total. The van der Waals surface area contributed by atoms with E-state index in [4.69, 9.17) is 0 Å². The van der Waals surface area contributed by atoms with Gasteiger partial charge >= 0.3 is 0 Å². The lowest BCUT2D eigenvalue weighted by atomic mass is 10.0. The Balaban J connectivity index is 2.36. The fourth-order valence-corrected chi connectivity index (χ4v) is 3.81. The Labute approximate surface area is 102 Å². The molecule has 0 amide bonds. The second-order valence-corrected chi connectivity index (χ2v) is 6.65. The molecule has 94 valence electrons. The van der Waals surface area contributed by atoms with Crippen LogP contribution in [0.4, 0.5) is 0 Å². The maximum atomic E-state index is 12.3. The number of nitrogens with zero attached hydrogens (tertiary/aromatic N) is 1. The second kappa shape index (κ2) is 4.31. The van der Waals surface area contributed by atoms with Gasteiger partial charge in [0.15, 0.2) is 0 Å². The van der Waals surface area contributed by atoms with Crippen LogP contribution in [0.15, 0.2) is 29.2 Å². The van der Waals surface area contributed by atoms with Gasteiger partial charge in [-0.2, -0.15) is 4.31 Å². The lowest BCUT2D eigenvalue weighted by Gasteiger charge is -2.16. The molecule has 0 bridgehead atoms. The Morgan fingerprint density at radius 3 is 2.24 bits per heavy atom. The van der Waals surface area contributed by atoms with Crippen LogP contribution < -0.4 is 0 Å². The molecule has 2 rings (SSSR count). The molecular formula is C12H17NO3S. The SMILES string of the molecule is CC1CN(S(=O)(=O)c2ccccc2O)CC1C. The predicted octanol–water partition coefficient (Wildman–Crippen LogP) is 1.67. The fraction of sp³-hybridized carbons (Fsp3) is 0.500. The molecule has 4 nitrogen and oxygen atoms in total. The highest BCUT2D eigenvalue weighted by Gasteiger charge is 2.35. The van der Waals surface area contributed by atoms with Gasteiger partial charge in [-0.1, -0.05) is 26.0 Å². The predicted molar refractivity (Wildman–Crippen MR) is 65.2 cm³/mol. The molecule has 1 fully saturated rings. The summed E-state index contributed by atoms with van der Waals surface area (Å²) < 4.78 is 26.1. The molecule has 2 unspecified atom stereocenters. The van der Waals surface area contributed by atoms with Gasteiger partial charge in [0.1, 0.15) is 10.6 Å². The van der Waals surface area contributed by atoms with Crippen LogP contribution in [0.5, 0.6) is 5.75 Å².